The lowest BCUT2D eigenvalue weighted by molar-refractivity contribution is -0.152. The number of thiophene rings is 1. The van der Waals surface area contributed by atoms with Gasteiger partial charge >= 0.3 is 0 Å². The van der Waals surface area contributed by atoms with Crippen molar-refractivity contribution in [3.8, 4) is 5.75 Å². The van der Waals surface area contributed by atoms with Crippen LogP contribution >= 0.6 is 11.3 Å². The van der Waals surface area contributed by atoms with Gasteiger partial charge in [-0.25, -0.2) is 0 Å². The molecule has 1 saturated carbocycles. The molecule has 4 rings (SSSR count). The summed E-state index contributed by atoms with van der Waals surface area (Å²) in [6, 6.07) is 16.0. The summed E-state index contributed by atoms with van der Waals surface area (Å²) in [5.41, 5.74) is 3.41. The smallest absolute Gasteiger partial charge is 0.269 e. The number of ether oxygens (including phenoxy) is 2. The number of nitrogens with zero attached hydrogens (tertiary/aromatic N) is 1. The second kappa shape index (κ2) is 9.33. The van der Waals surface area contributed by atoms with Gasteiger partial charge in [0, 0.05) is 24.2 Å². The van der Waals surface area contributed by atoms with Crippen molar-refractivity contribution in [1.29, 1.82) is 0 Å². The molecule has 1 heterocycles. The van der Waals surface area contributed by atoms with E-state index in [1.807, 2.05) is 53.9 Å². The third-order valence-corrected chi connectivity index (χ3v) is 6.07. The molecule has 2 aromatic carbocycles. The number of ketones is 3. The molecule has 0 bridgehead atoms. The van der Waals surface area contributed by atoms with Crippen molar-refractivity contribution in [1.82, 2.24) is 0 Å². The Morgan fingerprint density at radius 3 is 2.38 bits per heavy atom. The Hall–Kier alpha value is -3.49. The number of nitrogens with one attached hydrogen (secondary N) is 1. The number of benzene rings is 2. The Balaban J connectivity index is 1.65. The van der Waals surface area contributed by atoms with Gasteiger partial charge in [0.1, 0.15) is 11.9 Å². The number of methoxy groups -OCH3 is 2. The highest BCUT2D eigenvalue weighted by Gasteiger charge is 2.48. The molecule has 1 atom stereocenters. The molecule has 3 aromatic rings. The summed E-state index contributed by atoms with van der Waals surface area (Å²) in [4.78, 5) is 36.8. The third-order valence-electron chi connectivity index (χ3n) is 5.37. The van der Waals surface area contributed by atoms with E-state index in [4.69, 9.17) is 9.47 Å². The number of anilines is 3. The van der Waals surface area contributed by atoms with Crippen molar-refractivity contribution in [2.75, 3.05) is 31.0 Å². The molecule has 32 heavy (non-hydrogen) atoms. The monoisotopic (exact) mass is 450 g/mol. The van der Waals surface area contributed by atoms with Gasteiger partial charge in [0.05, 0.1) is 13.7 Å². The van der Waals surface area contributed by atoms with Crippen molar-refractivity contribution < 1.29 is 23.9 Å². The molecule has 1 aliphatic carbocycles. The highest BCUT2D eigenvalue weighted by Crippen LogP contribution is 2.33. The van der Waals surface area contributed by atoms with Gasteiger partial charge in [-0.3, -0.25) is 14.4 Å². The molecule has 1 N–H and O–H groups in total. The van der Waals surface area contributed by atoms with E-state index in [1.54, 1.807) is 31.6 Å². The van der Waals surface area contributed by atoms with Crippen molar-refractivity contribution in [2.45, 2.75) is 12.1 Å². The SMILES string of the molecule is COc1ccc(N(CC(OC)c2ccsc2)c2cccc(NC3C(=O)C(=O)C3=O)c2)cc1. The average Bonchev–Trinajstić information content (AvgIpc) is 3.37. The van der Waals surface area contributed by atoms with E-state index in [2.05, 4.69) is 15.6 Å². The molecule has 1 aromatic heterocycles. The maximum Gasteiger partial charge on any atom is 0.269 e. The highest BCUT2D eigenvalue weighted by atomic mass is 32.1. The van der Waals surface area contributed by atoms with Gasteiger partial charge in [-0.05, 0) is 64.9 Å². The van der Waals surface area contributed by atoms with Crippen LogP contribution in [0.1, 0.15) is 11.7 Å². The second-order valence-electron chi connectivity index (χ2n) is 7.27. The Bertz CT molecular complexity index is 1110. The van der Waals surface area contributed by atoms with Gasteiger partial charge < -0.3 is 19.7 Å². The average molecular weight is 451 g/mol. The lowest BCUT2D eigenvalue weighted by Gasteiger charge is -2.30. The van der Waals surface area contributed by atoms with Crippen LogP contribution in [0.4, 0.5) is 17.1 Å². The van der Waals surface area contributed by atoms with Crippen LogP contribution in [0.3, 0.4) is 0 Å². The summed E-state index contributed by atoms with van der Waals surface area (Å²) in [7, 11) is 3.30. The summed E-state index contributed by atoms with van der Waals surface area (Å²) in [6.07, 6.45) is -0.174. The zero-order chi connectivity index (χ0) is 22.7. The molecule has 1 aliphatic rings. The minimum absolute atomic E-state index is 0.174. The topological polar surface area (TPSA) is 84.9 Å². The van der Waals surface area contributed by atoms with Crippen LogP contribution in [-0.4, -0.2) is 44.2 Å². The van der Waals surface area contributed by atoms with E-state index in [0.29, 0.717) is 12.2 Å². The maximum atomic E-state index is 11.7. The number of carbonyl (C=O) groups is 3. The van der Waals surface area contributed by atoms with Crippen LogP contribution < -0.4 is 15.0 Å². The first-order chi connectivity index (χ1) is 15.5. The van der Waals surface area contributed by atoms with E-state index in [0.717, 1.165) is 22.7 Å². The van der Waals surface area contributed by atoms with E-state index in [-0.39, 0.29) is 6.10 Å². The zero-order valence-corrected chi connectivity index (χ0v) is 18.4. The third kappa shape index (κ3) is 4.28. The highest BCUT2D eigenvalue weighted by molar-refractivity contribution is 7.08. The number of hydrogen-bond acceptors (Lipinski definition) is 8. The number of hydrogen-bond donors (Lipinski definition) is 1. The van der Waals surface area contributed by atoms with Crippen LogP contribution in [0.15, 0.2) is 65.4 Å². The lowest BCUT2D eigenvalue weighted by atomic mass is 9.87. The maximum absolute atomic E-state index is 11.7. The van der Waals surface area contributed by atoms with E-state index in [9.17, 15) is 14.4 Å². The molecular formula is C24H22N2O5S. The molecule has 0 saturated heterocycles. The minimum Gasteiger partial charge on any atom is -0.497 e. The van der Waals surface area contributed by atoms with Gasteiger partial charge in [-0.1, -0.05) is 6.07 Å². The van der Waals surface area contributed by atoms with Gasteiger partial charge in [0.2, 0.25) is 11.6 Å². The van der Waals surface area contributed by atoms with Crippen LogP contribution in [0.5, 0.6) is 5.75 Å². The van der Waals surface area contributed by atoms with Crippen molar-refractivity contribution >= 4 is 45.7 Å². The van der Waals surface area contributed by atoms with Crippen molar-refractivity contribution in [3.05, 3.63) is 70.9 Å². The normalized spacial score (nSPS) is 14.8. The van der Waals surface area contributed by atoms with E-state index < -0.39 is 23.4 Å². The molecule has 0 spiro atoms. The Morgan fingerprint density at radius 2 is 1.75 bits per heavy atom. The Labute approximate surface area is 189 Å². The Kier molecular flexibility index (Phi) is 6.34. The zero-order valence-electron chi connectivity index (χ0n) is 17.6. The Morgan fingerprint density at radius 1 is 1.00 bits per heavy atom. The first-order valence-corrected chi connectivity index (χ1v) is 10.9. The molecule has 1 unspecified atom stereocenters. The fourth-order valence-electron chi connectivity index (χ4n) is 3.55. The van der Waals surface area contributed by atoms with Gasteiger partial charge in [-0.15, -0.1) is 0 Å². The molecule has 0 amide bonds. The summed E-state index contributed by atoms with van der Waals surface area (Å²) < 4.78 is 11.1. The molecule has 7 nitrogen and oxygen atoms in total. The van der Waals surface area contributed by atoms with Gasteiger partial charge in [-0.2, -0.15) is 11.3 Å². The van der Waals surface area contributed by atoms with Crippen molar-refractivity contribution in [3.63, 3.8) is 0 Å². The van der Waals surface area contributed by atoms with E-state index in [1.165, 1.54) is 0 Å². The fourth-order valence-corrected chi connectivity index (χ4v) is 4.25. The van der Waals surface area contributed by atoms with Crippen LogP contribution in [-0.2, 0) is 19.1 Å². The molecule has 164 valence electrons. The quantitative estimate of drug-likeness (QED) is 0.392. The molecule has 1 fully saturated rings. The molecular weight excluding hydrogens is 428 g/mol. The number of Topliss-reactive ketones (excluding diaryl/α,β-unsaturated/α-hetero) is 3. The number of carbonyl (C=O) groups excluding carboxylic acids is 3. The lowest BCUT2D eigenvalue weighted by Crippen LogP contribution is -2.57. The van der Waals surface area contributed by atoms with Gasteiger partial charge in [0.15, 0.2) is 6.04 Å². The summed E-state index contributed by atoms with van der Waals surface area (Å²) in [6.45, 7) is 0.531. The molecule has 8 heteroatoms. The van der Waals surface area contributed by atoms with Crippen LogP contribution in [0, 0.1) is 0 Å². The first-order valence-electron chi connectivity index (χ1n) is 9.97. The van der Waals surface area contributed by atoms with Crippen LogP contribution in [0.25, 0.3) is 0 Å². The summed E-state index contributed by atoms with van der Waals surface area (Å²) >= 11 is 1.61. The largest absolute Gasteiger partial charge is 0.497 e. The summed E-state index contributed by atoms with van der Waals surface area (Å²) in [5.74, 6) is -1.61. The minimum atomic E-state index is -1.11. The standard InChI is InChI=1S/C24H22N2O5S/c1-30-19-8-6-17(7-9-19)26(13-20(31-2)15-10-11-32-14-15)18-5-3-4-16(12-18)25-21-22(27)24(29)23(21)28/h3-12,14,20-21,25H,13H2,1-2H3. The summed E-state index contributed by atoms with van der Waals surface area (Å²) in [5, 5.41) is 6.94. The predicted octanol–water partition coefficient (Wildman–Crippen LogP) is 3.78. The van der Waals surface area contributed by atoms with Gasteiger partial charge in [0.25, 0.3) is 5.78 Å². The van der Waals surface area contributed by atoms with Crippen LogP contribution in [0.2, 0.25) is 0 Å². The first kappa shape index (κ1) is 21.7. The predicted molar refractivity (Wildman–Crippen MR) is 123 cm³/mol. The second-order valence-corrected chi connectivity index (χ2v) is 8.05. The van der Waals surface area contributed by atoms with Crippen molar-refractivity contribution in [2.24, 2.45) is 0 Å². The molecule has 0 radical (unpaired) electrons. The van der Waals surface area contributed by atoms with E-state index >= 15 is 0 Å². The number of rotatable bonds is 9. The molecule has 0 aliphatic heterocycles. The fraction of sp³-hybridized carbons (Fsp3) is 0.208.